The highest BCUT2D eigenvalue weighted by molar-refractivity contribution is 7.10. The third-order valence-electron chi connectivity index (χ3n) is 3.63. The minimum absolute atomic E-state index is 0.388. The number of rotatable bonds is 7. The van der Waals surface area contributed by atoms with Gasteiger partial charge in [-0.05, 0) is 54.9 Å². The number of hydrogen-bond acceptors (Lipinski definition) is 3. The van der Waals surface area contributed by atoms with Gasteiger partial charge in [-0.3, -0.25) is 4.98 Å². The lowest BCUT2D eigenvalue weighted by Crippen LogP contribution is -2.24. The van der Waals surface area contributed by atoms with Gasteiger partial charge >= 0.3 is 0 Å². The third kappa shape index (κ3) is 3.68. The highest BCUT2D eigenvalue weighted by Gasteiger charge is 2.17. The Morgan fingerprint density at radius 2 is 2.15 bits per heavy atom. The van der Waals surface area contributed by atoms with E-state index in [4.69, 9.17) is 0 Å². The van der Waals surface area contributed by atoms with Gasteiger partial charge in [0.15, 0.2) is 0 Å². The lowest BCUT2D eigenvalue weighted by molar-refractivity contribution is 0.527. The van der Waals surface area contributed by atoms with Crippen LogP contribution in [0.5, 0.6) is 0 Å². The Labute approximate surface area is 126 Å². The Morgan fingerprint density at radius 3 is 2.85 bits per heavy atom. The van der Waals surface area contributed by atoms with Crippen LogP contribution in [0, 0.1) is 6.92 Å². The van der Waals surface area contributed by atoms with Gasteiger partial charge in [-0.25, -0.2) is 0 Å². The van der Waals surface area contributed by atoms with Crippen molar-refractivity contribution in [3.05, 3.63) is 51.5 Å². The molecule has 0 amide bonds. The van der Waals surface area contributed by atoms with E-state index in [2.05, 4.69) is 48.6 Å². The number of aromatic nitrogens is 1. The molecule has 0 radical (unpaired) electrons. The van der Waals surface area contributed by atoms with Crippen LogP contribution in [-0.4, -0.2) is 11.5 Å². The van der Waals surface area contributed by atoms with E-state index in [9.17, 15) is 0 Å². The first-order valence-corrected chi connectivity index (χ1v) is 8.34. The summed E-state index contributed by atoms with van der Waals surface area (Å²) in [6.07, 6.45) is 5.13. The molecule has 2 aromatic rings. The molecule has 0 aliphatic rings. The number of nitrogens with one attached hydrogen (secondary N) is 1. The molecule has 0 aliphatic heterocycles. The van der Waals surface area contributed by atoms with Crippen LogP contribution in [0.3, 0.4) is 0 Å². The molecule has 0 saturated carbocycles. The summed E-state index contributed by atoms with van der Waals surface area (Å²) in [7, 11) is 0. The minimum atomic E-state index is 0.388. The molecule has 3 heteroatoms. The van der Waals surface area contributed by atoms with E-state index >= 15 is 0 Å². The quantitative estimate of drug-likeness (QED) is 0.821. The van der Waals surface area contributed by atoms with Gasteiger partial charge in [0, 0.05) is 29.2 Å². The molecule has 0 saturated heterocycles. The van der Waals surface area contributed by atoms with Crippen LogP contribution in [0.25, 0.3) is 0 Å². The molecular weight excluding hydrogens is 264 g/mol. The van der Waals surface area contributed by atoms with Crippen molar-refractivity contribution in [2.45, 2.75) is 46.1 Å². The van der Waals surface area contributed by atoms with Crippen molar-refractivity contribution in [2.75, 3.05) is 6.54 Å². The fourth-order valence-electron chi connectivity index (χ4n) is 2.45. The summed E-state index contributed by atoms with van der Waals surface area (Å²) in [5.41, 5.74) is 3.96. The highest BCUT2D eigenvalue weighted by Crippen LogP contribution is 2.28. The summed E-state index contributed by atoms with van der Waals surface area (Å²) in [4.78, 5) is 6.03. The first kappa shape index (κ1) is 15.2. The average molecular weight is 288 g/mol. The lowest BCUT2D eigenvalue weighted by atomic mass is 10.0. The maximum atomic E-state index is 4.56. The maximum absolute atomic E-state index is 4.56. The van der Waals surface area contributed by atoms with E-state index in [0.717, 1.165) is 25.8 Å². The average Bonchev–Trinajstić information content (AvgIpc) is 2.93. The predicted octanol–water partition coefficient (Wildman–Crippen LogP) is 4.30. The first-order chi connectivity index (χ1) is 9.76. The first-order valence-electron chi connectivity index (χ1n) is 7.46. The molecule has 2 nitrogen and oxygen atoms in total. The van der Waals surface area contributed by atoms with E-state index in [1.54, 1.807) is 0 Å². The van der Waals surface area contributed by atoms with Gasteiger partial charge in [0.25, 0.3) is 0 Å². The van der Waals surface area contributed by atoms with E-state index < -0.39 is 0 Å². The zero-order valence-corrected chi connectivity index (χ0v) is 13.5. The molecule has 2 rings (SSSR count). The van der Waals surface area contributed by atoms with Crippen LogP contribution in [0.2, 0.25) is 0 Å². The summed E-state index contributed by atoms with van der Waals surface area (Å²) < 4.78 is 0. The summed E-state index contributed by atoms with van der Waals surface area (Å²) in [6.45, 7) is 7.64. The second kappa shape index (κ2) is 7.55. The summed E-state index contributed by atoms with van der Waals surface area (Å²) in [6, 6.07) is 6.80. The Morgan fingerprint density at radius 1 is 1.30 bits per heavy atom. The molecular formula is C17H24N2S. The summed E-state index contributed by atoms with van der Waals surface area (Å²) in [5, 5.41) is 5.90. The van der Waals surface area contributed by atoms with Gasteiger partial charge in [-0.2, -0.15) is 0 Å². The van der Waals surface area contributed by atoms with Gasteiger partial charge in [-0.15, -0.1) is 11.3 Å². The van der Waals surface area contributed by atoms with E-state index in [1.165, 1.54) is 21.7 Å². The molecule has 0 aliphatic carbocycles. The number of nitrogens with zero attached hydrogens (tertiary/aromatic N) is 1. The normalized spacial score (nSPS) is 12.6. The van der Waals surface area contributed by atoms with Gasteiger partial charge in [0.1, 0.15) is 0 Å². The van der Waals surface area contributed by atoms with Crippen LogP contribution in [0.15, 0.2) is 29.8 Å². The lowest BCUT2D eigenvalue weighted by Gasteiger charge is -2.19. The predicted molar refractivity (Wildman–Crippen MR) is 87.4 cm³/mol. The third-order valence-corrected chi connectivity index (χ3v) is 4.71. The fraction of sp³-hybridized carbons (Fsp3) is 0.471. The summed E-state index contributed by atoms with van der Waals surface area (Å²) in [5.74, 6) is 0. The molecule has 0 fully saturated rings. The zero-order valence-electron chi connectivity index (χ0n) is 12.6. The van der Waals surface area contributed by atoms with Crippen molar-refractivity contribution in [1.29, 1.82) is 0 Å². The Bertz CT molecular complexity index is 533. The molecule has 20 heavy (non-hydrogen) atoms. The molecule has 0 spiro atoms. The van der Waals surface area contributed by atoms with Crippen LogP contribution in [0.4, 0.5) is 0 Å². The van der Waals surface area contributed by atoms with Crippen molar-refractivity contribution in [3.63, 3.8) is 0 Å². The number of pyridine rings is 1. The number of thiophene rings is 1. The number of aryl methyl sites for hydroxylation is 2. The Hall–Kier alpha value is -1.19. The second-order valence-corrected chi connectivity index (χ2v) is 6.09. The zero-order chi connectivity index (χ0) is 14.4. The second-order valence-electron chi connectivity index (χ2n) is 5.14. The fourth-order valence-corrected chi connectivity index (χ4v) is 3.52. The molecule has 108 valence electrons. The van der Waals surface area contributed by atoms with Crippen molar-refractivity contribution in [3.8, 4) is 0 Å². The van der Waals surface area contributed by atoms with Crippen molar-refractivity contribution in [1.82, 2.24) is 10.3 Å². The van der Waals surface area contributed by atoms with E-state index in [0.29, 0.717) is 6.04 Å². The SMILES string of the molecule is CCCNC(Cc1ncccc1C)c1sccc1CC. The van der Waals surface area contributed by atoms with Crippen molar-refractivity contribution >= 4 is 11.3 Å². The molecule has 1 N–H and O–H groups in total. The molecule has 0 bridgehead atoms. The molecule has 2 heterocycles. The van der Waals surface area contributed by atoms with E-state index in [-0.39, 0.29) is 0 Å². The van der Waals surface area contributed by atoms with Crippen LogP contribution >= 0.6 is 11.3 Å². The topological polar surface area (TPSA) is 24.9 Å². The van der Waals surface area contributed by atoms with Crippen LogP contribution in [0.1, 0.15) is 48.0 Å². The van der Waals surface area contributed by atoms with Crippen LogP contribution < -0.4 is 5.32 Å². The smallest absolute Gasteiger partial charge is 0.0473 e. The Balaban J connectivity index is 2.22. The number of hydrogen-bond donors (Lipinski definition) is 1. The molecule has 0 aromatic carbocycles. The Kier molecular flexibility index (Phi) is 5.74. The largest absolute Gasteiger partial charge is 0.309 e. The van der Waals surface area contributed by atoms with Crippen molar-refractivity contribution in [2.24, 2.45) is 0 Å². The van der Waals surface area contributed by atoms with Crippen molar-refractivity contribution < 1.29 is 0 Å². The molecule has 1 atom stereocenters. The van der Waals surface area contributed by atoms with Crippen LogP contribution in [-0.2, 0) is 12.8 Å². The van der Waals surface area contributed by atoms with Gasteiger partial charge in [0.2, 0.25) is 0 Å². The van der Waals surface area contributed by atoms with Gasteiger partial charge in [0.05, 0.1) is 0 Å². The molecule has 2 aromatic heterocycles. The van der Waals surface area contributed by atoms with Gasteiger partial charge < -0.3 is 5.32 Å². The van der Waals surface area contributed by atoms with E-state index in [1.807, 2.05) is 23.6 Å². The highest BCUT2D eigenvalue weighted by atomic mass is 32.1. The molecule has 1 unspecified atom stereocenters. The monoisotopic (exact) mass is 288 g/mol. The standard InChI is InChI=1S/C17H24N2S/c1-4-9-18-16(17-14(5-2)8-11-20-17)12-15-13(3)7-6-10-19-15/h6-8,10-11,16,18H,4-5,9,12H2,1-3H3. The van der Waals surface area contributed by atoms with Gasteiger partial charge in [-0.1, -0.05) is 19.9 Å². The minimum Gasteiger partial charge on any atom is -0.309 e. The summed E-state index contributed by atoms with van der Waals surface area (Å²) >= 11 is 1.87. The maximum Gasteiger partial charge on any atom is 0.0473 e.